The highest BCUT2D eigenvalue weighted by Gasteiger charge is 2.50. The van der Waals surface area contributed by atoms with Crippen molar-refractivity contribution in [3.8, 4) is 22.9 Å². The molecule has 0 saturated carbocycles. The standard InChI is InChI=1S/C55H37N3O/c1-3-16-36(17-4-1)56(37-18-5-2-6-19-37)38-30-32-39(33-31-38)57-48-26-11-8-21-41(48)43-34-47-53(35-51(43)57)59-52-29-14-10-24-45(52)55(47)44-23-9-13-28-50(44)58-49-27-12-7-20-40(49)42-22-15-25-46(55)54(42)58/h1-18,20-35,37H,19H2. The van der Waals surface area contributed by atoms with E-state index in [1.54, 1.807) is 0 Å². The van der Waals surface area contributed by atoms with E-state index in [9.17, 15) is 0 Å². The first-order valence-electron chi connectivity index (χ1n) is 20.5. The van der Waals surface area contributed by atoms with E-state index in [0.29, 0.717) is 0 Å². The molecule has 0 bridgehead atoms. The molecular formula is C55H37N3O. The third-order valence-corrected chi connectivity index (χ3v) is 13.0. The van der Waals surface area contributed by atoms with Gasteiger partial charge in [0.15, 0.2) is 0 Å². The van der Waals surface area contributed by atoms with Gasteiger partial charge in [-0.15, -0.1) is 0 Å². The molecule has 0 fully saturated rings. The number of fused-ring (bicyclic) bond motifs is 14. The van der Waals surface area contributed by atoms with Gasteiger partial charge in [0.05, 0.1) is 39.2 Å². The maximum Gasteiger partial charge on any atom is 0.134 e. The van der Waals surface area contributed by atoms with Crippen LogP contribution in [-0.4, -0.2) is 15.2 Å². The molecule has 2 aromatic heterocycles. The number of hydrogen-bond donors (Lipinski definition) is 0. The highest BCUT2D eigenvalue weighted by Crippen LogP contribution is 2.61. The number of nitrogens with zero attached hydrogens (tertiary/aromatic N) is 3. The van der Waals surface area contributed by atoms with Crippen molar-refractivity contribution in [1.82, 2.24) is 9.13 Å². The van der Waals surface area contributed by atoms with Gasteiger partial charge in [-0.05, 0) is 84.3 Å². The fourth-order valence-corrected chi connectivity index (χ4v) is 10.7. The van der Waals surface area contributed by atoms with E-state index in [-0.39, 0.29) is 6.04 Å². The highest BCUT2D eigenvalue weighted by atomic mass is 16.5. The van der Waals surface area contributed by atoms with Crippen molar-refractivity contribution in [3.05, 3.63) is 229 Å². The lowest BCUT2D eigenvalue weighted by Crippen LogP contribution is -2.37. The van der Waals surface area contributed by atoms with Crippen LogP contribution in [0.15, 0.2) is 206 Å². The van der Waals surface area contributed by atoms with Crippen LogP contribution >= 0.6 is 0 Å². The van der Waals surface area contributed by atoms with Crippen LogP contribution < -0.4 is 9.64 Å². The van der Waals surface area contributed by atoms with E-state index in [4.69, 9.17) is 4.74 Å². The topological polar surface area (TPSA) is 22.3 Å². The molecule has 2 atom stereocenters. The van der Waals surface area contributed by atoms with Crippen LogP contribution in [0.3, 0.4) is 0 Å². The monoisotopic (exact) mass is 755 g/mol. The first-order chi connectivity index (χ1) is 29.3. The third-order valence-electron chi connectivity index (χ3n) is 13.0. The van der Waals surface area contributed by atoms with Crippen LogP contribution in [0.25, 0.3) is 55.0 Å². The fraction of sp³-hybridized carbons (Fsp3) is 0.0545. The Morgan fingerprint density at radius 2 is 1.14 bits per heavy atom. The summed E-state index contributed by atoms with van der Waals surface area (Å²) in [6.45, 7) is 0. The smallest absolute Gasteiger partial charge is 0.134 e. The van der Waals surface area contributed by atoms with Crippen LogP contribution in [0.5, 0.6) is 11.5 Å². The number of para-hydroxylation sites is 6. The van der Waals surface area contributed by atoms with Gasteiger partial charge in [-0.25, -0.2) is 0 Å². The second-order valence-electron chi connectivity index (χ2n) is 16.0. The van der Waals surface area contributed by atoms with Gasteiger partial charge >= 0.3 is 0 Å². The Hall–Kier alpha value is -7.56. The van der Waals surface area contributed by atoms with Gasteiger partial charge in [0.25, 0.3) is 0 Å². The highest BCUT2D eigenvalue weighted by molar-refractivity contribution is 6.13. The van der Waals surface area contributed by atoms with Crippen molar-refractivity contribution in [2.45, 2.75) is 17.9 Å². The van der Waals surface area contributed by atoms with Gasteiger partial charge in [-0.1, -0.05) is 133 Å². The lowest BCUT2D eigenvalue weighted by Gasteiger charge is -2.45. The summed E-state index contributed by atoms with van der Waals surface area (Å²) in [5.41, 5.74) is 13.6. The van der Waals surface area contributed by atoms with E-state index in [1.165, 1.54) is 55.1 Å². The van der Waals surface area contributed by atoms with Crippen LogP contribution in [-0.2, 0) is 5.41 Å². The summed E-state index contributed by atoms with van der Waals surface area (Å²) in [5.74, 6) is 1.76. The number of rotatable bonds is 4. The zero-order valence-corrected chi connectivity index (χ0v) is 32.2. The van der Waals surface area contributed by atoms with Crippen LogP contribution in [0, 0.1) is 0 Å². The first-order valence-corrected chi connectivity index (χ1v) is 20.5. The second kappa shape index (κ2) is 12.2. The largest absolute Gasteiger partial charge is 0.457 e. The van der Waals surface area contributed by atoms with Crippen molar-refractivity contribution in [2.24, 2.45) is 0 Å². The predicted molar refractivity (Wildman–Crippen MR) is 242 cm³/mol. The van der Waals surface area contributed by atoms with Crippen molar-refractivity contribution >= 4 is 55.0 Å². The molecule has 1 aliphatic carbocycles. The molecule has 8 aromatic carbocycles. The van der Waals surface area contributed by atoms with E-state index in [2.05, 4.69) is 220 Å². The molecule has 4 heteroatoms. The summed E-state index contributed by atoms with van der Waals surface area (Å²) in [6.07, 6.45) is 9.81. The second-order valence-corrected chi connectivity index (χ2v) is 16.0. The molecule has 3 aliphatic rings. The molecule has 0 amide bonds. The zero-order chi connectivity index (χ0) is 38.7. The zero-order valence-electron chi connectivity index (χ0n) is 32.2. The minimum Gasteiger partial charge on any atom is -0.457 e. The lowest BCUT2D eigenvalue weighted by atomic mass is 9.61. The Kier molecular flexibility index (Phi) is 6.74. The minimum absolute atomic E-state index is 0.234. The molecule has 4 nitrogen and oxygen atoms in total. The minimum atomic E-state index is -0.632. The van der Waals surface area contributed by atoms with Gasteiger partial charge in [0, 0.05) is 55.8 Å². The fourth-order valence-electron chi connectivity index (χ4n) is 10.7. The third kappa shape index (κ3) is 4.38. The number of aromatic nitrogens is 2. The number of benzene rings is 8. The van der Waals surface area contributed by atoms with Crippen LogP contribution in [0.2, 0.25) is 0 Å². The summed E-state index contributed by atoms with van der Waals surface area (Å²) in [6, 6.07) is 67.0. The van der Waals surface area contributed by atoms with Gasteiger partial charge in [0.1, 0.15) is 11.5 Å². The normalized spacial score (nSPS) is 17.3. The quantitative estimate of drug-likeness (QED) is 0.178. The Morgan fingerprint density at radius 3 is 1.95 bits per heavy atom. The molecule has 278 valence electrons. The molecule has 1 spiro atoms. The van der Waals surface area contributed by atoms with Gasteiger partial charge in [-0.3, -0.25) is 0 Å². The molecule has 2 unspecified atom stereocenters. The number of allylic oxidation sites excluding steroid dienone is 2. The molecular weight excluding hydrogens is 719 g/mol. The van der Waals surface area contributed by atoms with E-state index in [0.717, 1.165) is 51.5 Å². The number of hydrogen-bond acceptors (Lipinski definition) is 2. The Morgan fingerprint density at radius 1 is 0.475 bits per heavy atom. The number of anilines is 2. The molecule has 10 aromatic rings. The molecule has 0 saturated heterocycles. The van der Waals surface area contributed by atoms with E-state index >= 15 is 0 Å². The SMILES string of the molecule is C1=CCC(N(c2ccccc2)c2ccc(-n3c4ccccc4c4cc5c(cc43)Oc3ccccc3C53c4ccccc4-n4c5ccccc5c5cccc3c54)cc2)C=C1. The van der Waals surface area contributed by atoms with Crippen molar-refractivity contribution in [3.63, 3.8) is 0 Å². The Bertz CT molecular complexity index is 3400. The van der Waals surface area contributed by atoms with E-state index < -0.39 is 5.41 Å². The van der Waals surface area contributed by atoms with Gasteiger partial charge in [-0.2, -0.15) is 0 Å². The predicted octanol–water partition coefficient (Wildman–Crippen LogP) is 13.7. The molecule has 4 heterocycles. The van der Waals surface area contributed by atoms with Crippen molar-refractivity contribution < 1.29 is 4.74 Å². The summed E-state index contributed by atoms with van der Waals surface area (Å²) in [4.78, 5) is 2.44. The lowest BCUT2D eigenvalue weighted by molar-refractivity contribution is 0.434. The van der Waals surface area contributed by atoms with Gasteiger partial charge < -0.3 is 18.8 Å². The first kappa shape index (κ1) is 32.5. The average Bonchev–Trinajstić information content (AvgIpc) is 3.81. The summed E-state index contributed by atoms with van der Waals surface area (Å²) >= 11 is 0. The summed E-state index contributed by atoms with van der Waals surface area (Å²) < 4.78 is 12.0. The molecule has 59 heavy (non-hydrogen) atoms. The molecule has 13 rings (SSSR count). The maximum atomic E-state index is 7.09. The van der Waals surface area contributed by atoms with Gasteiger partial charge in [0.2, 0.25) is 0 Å². The summed E-state index contributed by atoms with van der Waals surface area (Å²) in [7, 11) is 0. The Labute approximate surface area is 341 Å². The molecule has 0 N–H and O–H groups in total. The number of ether oxygens (including phenoxy) is 1. The van der Waals surface area contributed by atoms with Crippen molar-refractivity contribution in [2.75, 3.05) is 4.90 Å². The molecule has 0 radical (unpaired) electrons. The van der Waals surface area contributed by atoms with Crippen molar-refractivity contribution in [1.29, 1.82) is 0 Å². The Balaban J connectivity index is 1.07. The van der Waals surface area contributed by atoms with Crippen LogP contribution in [0.1, 0.15) is 28.7 Å². The van der Waals surface area contributed by atoms with E-state index in [1.807, 2.05) is 0 Å². The average molecular weight is 756 g/mol. The molecule has 2 aliphatic heterocycles. The van der Waals surface area contributed by atoms with Crippen LogP contribution in [0.4, 0.5) is 11.4 Å². The maximum absolute atomic E-state index is 7.09. The summed E-state index contributed by atoms with van der Waals surface area (Å²) in [5, 5.41) is 4.94.